The second kappa shape index (κ2) is 11.0. The minimum absolute atomic E-state index is 0.270. The number of nitro groups is 2. The highest BCUT2D eigenvalue weighted by Crippen LogP contribution is 2.25. The molecule has 0 atom stereocenters. The number of benzene rings is 1. The van der Waals surface area contributed by atoms with Crippen molar-refractivity contribution in [1.82, 2.24) is 0 Å². The zero-order chi connectivity index (χ0) is 19.5. The van der Waals surface area contributed by atoms with E-state index in [1.54, 1.807) is 18.2 Å². The number of carboxylic acids is 1. The van der Waals surface area contributed by atoms with Gasteiger partial charge in [-0.3, -0.25) is 20.2 Å². The van der Waals surface area contributed by atoms with Crippen molar-refractivity contribution in [1.29, 1.82) is 0 Å². The second-order valence-corrected chi connectivity index (χ2v) is 6.06. The van der Waals surface area contributed by atoms with Gasteiger partial charge in [-0.25, -0.2) is 4.79 Å². The fourth-order valence-corrected chi connectivity index (χ4v) is 2.86. The van der Waals surface area contributed by atoms with Gasteiger partial charge in [0, 0.05) is 4.92 Å². The van der Waals surface area contributed by atoms with Crippen LogP contribution in [0.25, 0.3) is 5.57 Å². The summed E-state index contributed by atoms with van der Waals surface area (Å²) in [5.41, 5.74) is -0.543. The topological polar surface area (TPSA) is 124 Å². The van der Waals surface area contributed by atoms with Gasteiger partial charge in [-0.15, -0.1) is 0 Å². The first-order valence-corrected chi connectivity index (χ1v) is 8.69. The van der Waals surface area contributed by atoms with Gasteiger partial charge in [0.2, 0.25) is 6.54 Å². The van der Waals surface area contributed by atoms with E-state index in [1.165, 1.54) is 12.5 Å². The van der Waals surface area contributed by atoms with Crippen LogP contribution < -0.4 is 0 Å². The number of aryl methyl sites for hydroxylation is 1. The Morgan fingerprint density at radius 2 is 1.65 bits per heavy atom. The summed E-state index contributed by atoms with van der Waals surface area (Å²) in [6.07, 6.45) is 6.98. The van der Waals surface area contributed by atoms with Gasteiger partial charge in [0.15, 0.2) is 0 Å². The van der Waals surface area contributed by atoms with E-state index in [0.717, 1.165) is 32.1 Å². The van der Waals surface area contributed by atoms with Crippen molar-refractivity contribution >= 4 is 11.5 Å². The molecule has 0 unspecified atom stereocenters. The molecule has 0 aliphatic carbocycles. The van der Waals surface area contributed by atoms with E-state index >= 15 is 0 Å². The zero-order valence-electron chi connectivity index (χ0n) is 14.8. The van der Waals surface area contributed by atoms with Crippen LogP contribution >= 0.6 is 0 Å². The van der Waals surface area contributed by atoms with E-state index in [2.05, 4.69) is 6.92 Å². The number of hydrogen-bond donors (Lipinski definition) is 1. The Hall–Kier alpha value is -2.77. The Balaban J connectivity index is 3.12. The molecule has 0 amide bonds. The first kappa shape index (κ1) is 21.3. The maximum Gasteiger partial charge on any atom is 0.408 e. The Morgan fingerprint density at radius 3 is 2.23 bits per heavy atom. The van der Waals surface area contributed by atoms with Crippen LogP contribution in [0.5, 0.6) is 0 Å². The van der Waals surface area contributed by atoms with Crippen LogP contribution in [0.1, 0.15) is 56.6 Å². The summed E-state index contributed by atoms with van der Waals surface area (Å²) in [7, 11) is 0. The normalized spacial score (nSPS) is 11.7. The standard InChI is InChI=1S/C18H24N2O6/c1-2-3-4-5-6-7-10-14-11-8-9-12-15(14)16(13-19(23)24)17(18(21)22)20(25)26/h8-9,11-12H,2-7,10,13H2,1H3,(H,21,22). The molecule has 142 valence electrons. The lowest BCUT2D eigenvalue weighted by atomic mass is 9.94. The maximum atomic E-state index is 11.3. The molecule has 8 heteroatoms. The van der Waals surface area contributed by atoms with E-state index in [-0.39, 0.29) is 11.1 Å². The molecule has 0 fully saturated rings. The molecule has 26 heavy (non-hydrogen) atoms. The number of carbonyl (C=O) groups is 1. The molecule has 1 rings (SSSR count). The third-order valence-corrected chi connectivity index (χ3v) is 4.10. The van der Waals surface area contributed by atoms with Crippen LogP contribution in [-0.2, 0) is 11.2 Å². The van der Waals surface area contributed by atoms with Crippen molar-refractivity contribution in [3.05, 3.63) is 61.3 Å². The first-order chi connectivity index (χ1) is 12.4. The molecule has 0 bridgehead atoms. The third kappa shape index (κ3) is 6.62. The summed E-state index contributed by atoms with van der Waals surface area (Å²) in [4.78, 5) is 31.6. The molecule has 1 aromatic carbocycles. The fourth-order valence-electron chi connectivity index (χ4n) is 2.86. The quantitative estimate of drug-likeness (QED) is 0.259. The van der Waals surface area contributed by atoms with Crippen LogP contribution in [0.3, 0.4) is 0 Å². The Kier molecular flexibility index (Phi) is 8.97. The van der Waals surface area contributed by atoms with E-state index in [0.29, 0.717) is 12.0 Å². The predicted molar refractivity (Wildman–Crippen MR) is 96.9 cm³/mol. The minimum atomic E-state index is -1.78. The van der Waals surface area contributed by atoms with E-state index in [4.69, 9.17) is 5.11 Å². The fraction of sp³-hybridized carbons (Fsp3) is 0.500. The summed E-state index contributed by atoms with van der Waals surface area (Å²) < 4.78 is 0. The van der Waals surface area contributed by atoms with Crippen molar-refractivity contribution < 1.29 is 19.7 Å². The Bertz CT molecular complexity index is 668. The monoisotopic (exact) mass is 364 g/mol. The van der Waals surface area contributed by atoms with E-state index in [1.807, 2.05) is 0 Å². The van der Waals surface area contributed by atoms with Gasteiger partial charge in [-0.05, 0) is 24.0 Å². The number of aliphatic carboxylic acids is 1. The van der Waals surface area contributed by atoms with E-state index < -0.39 is 28.1 Å². The summed E-state index contributed by atoms with van der Waals surface area (Å²) in [6.45, 7) is 1.23. The SMILES string of the molecule is CCCCCCCCc1ccccc1C(C[N+](=O)[O-])=C(C(=O)O)[N+](=O)[O-]. The number of hydrogen-bond acceptors (Lipinski definition) is 5. The van der Waals surface area contributed by atoms with Gasteiger partial charge in [-0.2, -0.15) is 0 Å². The maximum absolute atomic E-state index is 11.3. The van der Waals surface area contributed by atoms with Crippen LogP contribution in [-0.4, -0.2) is 27.5 Å². The van der Waals surface area contributed by atoms with Crippen LogP contribution in [0.2, 0.25) is 0 Å². The highest BCUT2D eigenvalue weighted by atomic mass is 16.6. The molecule has 0 radical (unpaired) electrons. The lowest BCUT2D eigenvalue weighted by Gasteiger charge is -2.10. The molecule has 8 nitrogen and oxygen atoms in total. The van der Waals surface area contributed by atoms with Crippen molar-refractivity contribution in [2.75, 3.05) is 6.54 Å². The molecule has 0 saturated carbocycles. The summed E-state index contributed by atoms with van der Waals surface area (Å²) in [6, 6.07) is 6.59. The van der Waals surface area contributed by atoms with Crippen LogP contribution in [0, 0.1) is 20.2 Å². The van der Waals surface area contributed by atoms with Gasteiger partial charge in [0.25, 0.3) is 0 Å². The van der Waals surface area contributed by atoms with Crippen LogP contribution in [0.15, 0.2) is 30.0 Å². The predicted octanol–water partition coefficient (Wildman–Crippen LogP) is 3.94. The Labute approximate surface area is 151 Å². The lowest BCUT2D eigenvalue weighted by molar-refractivity contribution is -0.468. The molecule has 1 N–H and O–H groups in total. The van der Waals surface area contributed by atoms with Crippen molar-refractivity contribution in [3.8, 4) is 0 Å². The lowest BCUT2D eigenvalue weighted by Crippen LogP contribution is -2.18. The molecule has 0 spiro atoms. The number of rotatable bonds is 12. The molecule has 0 aromatic heterocycles. The highest BCUT2D eigenvalue weighted by Gasteiger charge is 2.31. The van der Waals surface area contributed by atoms with Crippen molar-refractivity contribution in [2.45, 2.75) is 51.9 Å². The first-order valence-electron chi connectivity index (χ1n) is 8.69. The average Bonchev–Trinajstić information content (AvgIpc) is 2.56. The Morgan fingerprint density at radius 1 is 1.04 bits per heavy atom. The summed E-state index contributed by atoms with van der Waals surface area (Å²) >= 11 is 0. The molecular weight excluding hydrogens is 340 g/mol. The number of nitrogens with zero attached hydrogens (tertiary/aromatic N) is 2. The van der Waals surface area contributed by atoms with Crippen molar-refractivity contribution in [3.63, 3.8) is 0 Å². The molecule has 0 aliphatic rings. The second-order valence-electron chi connectivity index (χ2n) is 6.06. The summed E-state index contributed by atoms with van der Waals surface area (Å²) in [5, 5.41) is 31.3. The number of unbranched alkanes of at least 4 members (excludes halogenated alkanes) is 5. The highest BCUT2D eigenvalue weighted by molar-refractivity contribution is 5.94. The van der Waals surface area contributed by atoms with Crippen molar-refractivity contribution in [2.24, 2.45) is 0 Å². The molecule has 0 aliphatic heterocycles. The van der Waals surface area contributed by atoms with E-state index in [9.17, 15) is 25.0 Å². The molecule has 0 saturated heterocycles. The smallest absolute Gasteiger partial charge is 0.408 e. The van der Waals surface area contributed by atoms with Gasteiger partial charge < -0.3 is 5.11 Å². The third-order valence-electron chi connectivity index (χ3n) is 4.10. The molecule has 0 heterocycles. The molecular formula is C18H24N2O6. The van der Waals surface area contributed by atoms with Crippen LogP contribution in [0.4, 0.5) is 0 Å². The van der Waals surface area contributed by atoms with Gasteiger partial charge in [-0.1, -0.05) is 63.3 Å². The van der Waals surface area contributed by atoms with Gasteiger partial charge in [0.1, 0.15) is 5.57 Å². The number of carboxylic acid groups (broad SMARTS) is 1. The summed E-state index contributed by atoms with van der Waals surface area (Å²) in [5.74, 6) is -1.78. The zero-order valence-corrected chi connectivity index (χ0v) is 14.8. The average molecular weight is 364 g/mol. The molecule has 1 aromatic rings. The largest absolute Gasteiger partial charge is 0.473 e. The van der Waals surface area contributed by atoms with Gasteiger partial charge in [0.05, 0.1) is 4.92 Å². The van der Waals surface area contributed by atoms with Gasteiger partial charge >= 0.3 is 11.7 Å². The minimum Gasteiger partial charge on any atom is -0.473 e.